The average molecular weight is 511 g/mol. The van der Waals surface area contributed by atoms with Crippen LogP contribution < -0.4 is 10.6 Å². The van der Waals surface area contributed by atoms with Crippen molar-refractivity contribution in [2.75, 3.05) is 11.9 Å². The predicted octanol–water partition coefficient (Wildman–Crippen LogP) is 5.19. The second-order valence-corrected chi connectivity index (χ2v) is 9.72. The molecule has 0 radical (unpaired) electrons. The molecule has 1 aliphatic rings. The van der Waals surface area contributed by atoms with Crippen LogP contribution in [-0.4, -0.2) is 37.0 Å². The molecule has 4 aromatic rings. The van der Waals surface area contributed by atoms with Crippen molar-refractivity contribution >= 4 is 28.9 Å². The van der Waals surface area contributed by atoms with Crippen molar-refractivity contribution in [1.29, 1.82) is 0 Å². The Morgan fingerprint density at radius 1 is 1.00 bits per heavy atom. The van der Waals surface area contributed by atoms with Gasteiger partial charge in [-0.3, -0.25) is 9.78 Å². The summed E-state index contributed by atoms with van der Waals surface area (Å²) in [5.41, 5.74) is 6.15. The minimum atomic E-state index is -0.148. The molecule has 1 aliphatic heterocycles. The second kappa shape index (κ2) is 10.5. The van der Waals surface area contributed by atoms with Gasteiger partial charge < -0.3 is 20.1 Å². The molecule has 1 amide bonds. The maximum atomic E-state index is 12.8. The van der Waals surface area contributed by atoms with Crippen molar-refractivity contribution in [1.82, 2.24) is 24.8 Å². The lowest BCUT2D eigenvalue weighted by Crippen LogP contribution is -2.32. The van der Waals surface area contributed by atoms with E-state index in [0.29, 0.717) is 18.1 Å². The van der Waals surface area contributed by atoms with E-state index >= 15 is 0 Å². The number of pyridine rings is 2. The van der Waals surface area contributed by atoms with Crippen LogP contribution in [0.1, 0.15) is 46.7 Å². The molecule has 0 bridgehead atoms. The van der Waals surface area contributed by atoms with E-state index in [-0.39, 0.29) is 18.0 Å². The van der Waals surface area contributed by atoms with Crippen LogP contribution in [-0.2, 0) is 4.79 Å². The first-order valence-corrected chi connectivity index (χ1v) is 12.8. The zero-order valence-electron chi connectivity index (χ0n) is 21.2. The molecule has 2 atom stereocenters. The van der Waals surface area contributed by atoms with Gasteiger partial charge in [-0.2, -0.15) is 0 Å². The number of carbonyl (C=O) groups is 1. The zero-order chi connectivity index (χ0) is 25.9. The van der Waals surface area contributed by atoms with Crippen molar-refractivity contribution in [2.24, 2.45) is 0 Å². The Balaban J connectivity index is 1.48. The molecular weight excluding hydrogens is 480 g/mol. The van der Waals surface area contributed by atoms with E-state index in [0.717, 1.165) is 39.7 Å². The van der Waals surface area contributed by atoms with Crippen LogP contribution in [0.3, 0.4) is 0 Å². The molecule has 2 N–H and O–H groups in total. The third-order valence-electron chi connectivity index (χ3n) is 6.75. The van der Waals surface area contributed by atoms with Crippen molar-refractivity contribution in [3.05, 3.63) is 107 Å². The molecule has 1 saturated heterocycles. The van der Waals surface area contributed by atoms with Crippen LogP contribution in [0.15, 0.2) is 79.1 Å². The highest BCUT2D eigenvalue weighted by Gasteiger charge is 2.41. The van der Waals surface area contributed by atoms with Crippen molar-refractivity contribution in [3.63, 3.8) is 0 Å². The molecule has 188 valence electrons. The first-order valence-electron chi connectivity index (χ1n) is 12.4. The van der Waals surface area contributed by atoms with Gasteiger partial charge in [0, 0.05) is 42.4 Å². The number of thiocarbonyl (C=S) groups is 1. The number of nitrogens with one attached hydrogen (secondary N) is 2. The van der Waals surface area contributed by atoms with Gasteiger partial charge in [0.25, 0.3) is 0 Å². The van der Waals surface area contributed by atoms with Gasteiger partial charge in [0.05, 0.1) is 17.8 Å². The number of para-hydroxylation sites is 1. The molecule has 0 unspecified atom stereocenters. The Bertz CT molecular complexity index is 1420. The smallest absolute Gasteiger partial charge is 0.226 e. The number of anilines is 1. The third kappa shape index (κ3) is 5.11. The molecule has 0 spiro atoms. The highest BCUT2D eigenvalue weighted by molar-refractivity contribution is 7.80. The monoisotopic (exact) mass is 510 g/mol. The largest absolute Gasteiger partial charge is 0.352 e. The van der Waals surface area contributed by atoms with E-state index in [1.807, 2.05) is 60.8 Å². The van der Waals surface area contributed by atoms with Crippen LogP contribution in [0.25, 0.3) is 5.82 Å². The molecule has 0 aliphatic carbocycles. The summed E-state index contributed by atoms with van der Waals surface area (Å²) in [6.45, 7) is 6.75. The van der Waals surface area contributed by atoms with Gasteiger partial charge in [-0.1, -0.05) is 24.3 Å². The molecule has 3 aromatic heterocycles. The summed E-state index contributed by atoms with van der Waals surface area (Å²) in [7, 11) is 0. The topological polar surface area (TPSA) is 75.1 Å². The minimum Gasteiger partial charge on any atom is -0.352 e. The quantitative estimate of drug-likeness (QED) is 0.333. The Labute approximate surface area is 222 Å². The van der Waals surface area contributed by atoms with E-state index in [1.165, 1.54) is 0 Å². The standard InChI is InChI=1S/C29H30N6OS/c1-19-12-15-31-25(17-19)35-20(2)18-23(21(35)3)28-27(24-11-7-8-14-30-24)33-29(37)34(28)16-13-26(36)32-22-9-5-4-6-10-22/h4-12,14-15,17-18,27-28H,13,16H2,1-3H3,(H,32,36)(H,33,37)/t27-,28+/m1/s1. The Morgan fingerprint density at radius 3 is 2.51 bits per heavy atom. The van der Waals surface area contributed by atoms with E-state index in [4.69, 9.17) is 12.2 Å². The highest BCUT2D eigenvalue weighted by Crippen LogP contribution is 2.41. The van der Waals surface area contributed by atoms with Gasteiger partial charge >= 0.3 is 0 Å². The van der Waals surface area contributed by atoms with Gasteiger partial charge in [-0.15, -0.1) is 0 Å². The summed E-state index contributed by atoms with van der Waals surface area (Å²) in [6.07, 6.45) is 3.94. The number of hydrogen-bond acceptors (Lipinski definition) is 4. The van der Waals surface area contributed by atoms with Crippen LogP contribution in [0.5, 0.6) is 0 Å². The highest BCUT2D eigenvalue weighted by atomic mass is 32.1. The average Bonchev–Trinajstić information content (AvgIpc) is 3.38. The van der Waals surface area contributed by atoms with Gasteiger partial charge in [0.1, 0.15) is 5.82 Å². The van der Waals surface area contributed by atoms with Crippen molar-refractivity contribution in [3.8, 4) is 5.82 Å². The van der Waals surface area contributed by atoms with E-state index in [1.54, 1.807) is 6.20 Å². The molecular formula is C29H30N6OS. The summed E-state index contributed by atoms with van der Waals surface area (Å²) < 4.78 is 2.18. The number of carbonyl (C=O) groups excluding carboxylic acids is 1. The molecule has 5 rings (SSSR count). The molecule has 8 heteroatoms. The molecule has 7 nitrogen and oxygen atoms in total. The number of aryl methyl sites for hydroxylation is 2. The molecule has 4 heterocycles. The Kier molecular flexibility index (Phi) is 7.01. The number of benzene rings is 1. The lowest BCUT2D eigenvalue weighted by molar-refractivity contribution is -0.116. The molecule has 0 saturated carbocycles. The first-order chi connectivity index (χ1) is 17.9. The zero-order valence-corrected chi connectivity index (χ0v) is 22.0. The Morgan fingerprint density at radius 2 is 1.78 bits per heavy atom. The maximum Gasteiger partial charge on any atom is 0.226 e. The number of nitrogens with zero attached hydrogens (tertiary/aromatic N) is 4. The lowest BCUT2D eigenvalue weighted by Gasteiger charge is -2.28. The normalized spacial score (nSPS) is 17.1. The fourth-order valence-electron chi connectivity index (χ4n) is 5.03. The van der Waals surface area contributed by atoms with Crippen molar-refractivity contribution in [2.45, 2.75) is 39.3 Å². The number of hydrogen-bond donors (Lipinski definition) is 2. The second-order valence-electron chi connectivity index (χ2n) is 9.34. The first kappa shape index (κ1) is 24.6. The van der Waals surface area contributed by atoms with E-state index in [9.17, 15) is 4.79 Å². The van der Waals surface area contributed by atoms with Gasteiger partial charge in [-0.05, 0) is 86.6 Å². The molecule has 1 fully saturated rings. The predicted molar refractivity (Wildman–Crippen MR) is 150 cm³/mol. The maximum absolute atomic E-state index is 12.8. The number of aromatic nitrogens is 3. The van der Waals surface area contributed by atoms with Gasteiger partial charge in [-0.25, -0.2) is 4.98 Å². The summed E-state index contributed by atoms with van der Waals surface area (Å²) in [6, 6.07) is 21.4. The summed E-state index contributed by atoms with van der Waals surface area (Å²) >= 11 is 5.81. The van der Waals surface area contributed by atoms with Crippen LogP contribution >= 0.6 is 12.2 Å². The minimum absolute atomic E-state index is 0.0523. The fourth-order valence-corrected chi connectivity index (χ4v) is 5.37. The number of amides is 1. The Hall–Kier alpha value is -4.04. The summed E-state index contributed by atoms with van der Waals surface area (Å²) in [4.78, 5) is 24.2. The van der Waals surface area contributed by atoms with E-state index in [2.05, 4.69) is 63.0 Å². The SMILES string of the molecule is Cc1ccnc(-n2c(C)cc([C@H]3[C@@H](c4ccccn4)NC(=S)N3CCC(=O)Nc3ccccc3)c2C)c1. The van der Waals surface area contributed by atoms with Crippen LogP contribution in [0.4, 0.5) is 5.69 Å². The summed E-state index contributed by atoms with van der Waals surface area (Å²) in [5, 5.41) is 7.08. The number of rotatable bonds is 7. The van der Waals surface area contributed by atoms with Crippen LogP contribution in [0.2, 0.25) is 0 Å². The van der Waals surface area contributed by atoms with E-state index < -0.39 is 0 Å². The molecule has 1 aromatic carbocycles. The fraction of sp³-hybridized carbons (Fsp3) is 0.241. The van der Waals surface area contributed by atoms with Crippen LogP contribution in [0, 0.1) is 20.8 Å². The van der Waals surface area contributed by atoms with Gasteiger partial charge in [0.15, 0.2) is 5.11 Å². The molecule has 37 heavy (non-hydrogen) atoms. The lowest BCUT2D eigenvalue weighted by atomic mass is 9.96. The van der Waals surface area contributed by atoms with Crippen molar-refractivity contribution < 1.29 is 4.79 Å². The third-order valence-corrected chi connectivity index (χ3v) is 7.11. The summed E-state index contributed by atoms with van der Waals surface area (Å²) in [5.74, 6) is 0.835. The van der Waals surface area contributed by atoms with Gasteiger partial charge in [0.2, 0.25) is 5.91 Å².